The van der Waals surface area contributed by atoms with Crippen molar-refractivity contribution in [2.45, 2.75) is 51.7 Å². The second kappa shape index (κ2) is 2.91. The Morgan fingerprint density at radius 2 is 1.80 bits per heavy atom. The van der Waals surface area contributed by atoms with Gasteiger partial charge >= 0.3 is 0 Å². The van der Waals surface area contributed by atoms with Crippen LogP contribution in [0.1, 0.15) is 40.5 Å². The molecule has 1 aliphatic heterocycles. The van der Waals surface area contributed by atoms with Gasteiger partial charge in [0, 0.05) is 5.92 Å². The zero-order chi connectivity index (χ0) is 11.4. The van der Waals surface area contributed by atoms with Gasteiger partial charge in [0.25, 0.3) is 0 Å². The highest BCUT2D eigenvalue weighted by atomic mass is 16.5. The van der Waals surface area contributed by atoms with Gasteiger partial charge in [-0.25, -0.2) is 0 Å². The Hall–Kier alpha value is -0.700. The molecule has 0 bridgehead atoms. The van der Waals surface area contributed by atoms with Gasteiger partial charge in [0.2, 0.25) is 0 Å². The van der Waals surface area contributed by atoms with E-state index in [9.17, 15) is 9.59 Å². The van der Waals surface area contributed by atoms with E-state index in [1.54, 1.807) is 13.8 Å². The average molecular weight is 210 g/mol. The lowest BCUT2D eigenvalue weighted by molar-refractivity contribution is -0.134. The third-order valence-electron chi connectivity index (χ3n) is 3.33. The molecular formula is C12H18O3. The molecule has 15 heavy (non-hydrogen) atoms. The maximum absolute atomic E-state index is 12.1. The second-order valence-electron chi connectivity index (χ2n) is 5.69. The number of hydrogen-bond donors (Lipinski definition) is 0. The summed E-state index contributed by atoms with van der Waals surface area (Å²) in [6.45, 7) is 7.17. The third-order valence-corrected chi connectivity index (χ3v) is 3.33. The summed E-state index contributed by atoms with van der Waals surface area (Å²) in [6.07, 6.45) is 1.89. The third kappa shape index (κ3) is 1.63. The normalized spacial score (nSPS) is 33.1. The van der Waals surface area contributed by atoms with Gasteiger partial charge in [-0.1, -0.05) is 0 Å². The van der Waals surface area contributed by atoms with Gasteiger partial charge in [0.05, 0.1) is 5.60 Å². The van der Waals surface area contributed by atoms with Crippen LogP contribution in [0.25, 0.3) is 0 Å². The molecule has 2 rings (SSSR count). The van der Waals surface area contributed by atoms with E-state index >= 15 is 0 Å². The fourth-order valence-electron chi connectivity index (χ4n) is 2.51. The number of carbonyl (C=O) groups is 2. The van der Waals surface area contributed by atoms with Crippen molar-refractivity contribution < 1.29 is 14.3 Å². The molecule has 2 aliphatic rings. The van der Waals surface area contributed by atoms with Gasteiger partial charge in [-0.15, -0.1) is 0 Å². The average Bonchev–Trinajstić information content (AvgIpc) is 2.79. The fraction of sp³-hybridized carbons (Fsp3) is 0.833. The van der Waals surface area contributed by atoms with Crippen molar-refractivity contribution in [1.82, 2.24) is 0 Å². The van der Waals surface area contributed by atoms with Crippen LogP contribution in [0.2, 0.25) is 0 Å². The maximum Gasteiger partial charge on any atom is 0.177 e. The van der Waals surface area contributed by atoms with Crippen molar-refractivity contribution in [3.05, 3.63) is 0 Å². The summed E-state index contributed by atoms with van der Waals surface area (Å²) in [5.74, 6) is -0.393. The van der Waals surface area contributed by atoms with E-state index in [-0.39, 0.29) is 17.5 Å². The first-order chi connectivity index (χ1) is 6.76. The molecule has 3 heteroatoms. The zero-order valence-corrected chi connectivity index (χ0v) is 9.79. The predicted octanol–water partition coefficient (Wildman–Crippen LogP) is 1.74. The van der Waals surface area contributed by atoms with E-state index < -0.39 is 17.1 Å². The molecule has 0 N–H and O–H groups in total. The van der Waals surface area contributed by atoms with E-state index in [0.717, 1.165) is 12.8 Å². The van der Waals surface area contributed by atoms with Crippen molar-refractivity contribution in [3.8, 4) is 0 Å². The Kier molecular flexibility index (Phi) is 2.10. The maximum atomic E-state index is 12.1. The Bertz CT molecular complexity index is 324. The van der Waals surface area contributed by atoms with Crippen molar-refractivity contribution >= 4 is 11.6 Å². The molecule has 0 amide bonds. The van der Waals surface area contributed by atoms with Crippen LogP contribution in [-0.2, 0) is 14.3 Å². The van der Waals surface area contributed by atoms with E-state index in [4.69, 9.17) is 4.74 Å². The first kappa shape index (κ1) is 10.8. The molecule has 1 heterocycles. The van der Waals surface area contributed by atoms with Crippen LogP contribution < -0.4 is 0 Å². The Labute approximate surface area is 90.2 Å². The smallest absolute Gasteiger partial charge is 0.177 e. The van der Waals surface area contributed by atoms with Crippen LogP contribution in [0.3, 0.4) is 0 Å². The largest absolute Gasteiger partial charge is 0.361 e. The van der Waals surface area contributed by atoms with Crippen LogP contribution >= 0.6 is 0 Å². The molecule has 0 aromatic heterocycles. The van der Waals surface area contributed by atoms with Crippen LogP contribution in [0, 0.1) is 11.8 Å². The van der Waals surface area contributed by atoms with Crippen LogP contribution in [-0.4, -0.2) is 22.8 Å². The monoisotopic (exact) mass is 210 g/mol. The minimum absolute atomic E-state index is 0.0515. The molecule has 1 aliphatic carbocycles. The van der Waals surface area contributed by atoms with Crippen molar-refractivity contribution in [2.75, 3.05) is 0 Å². The summed E-state index contributed by atoms with van der Waals surface area (Å²) in [7, 11) is 0. The summed E-state index contributed by atoms with van der Waals surface area (Å²) in [5.41, 5.74) is -1.45. The molecule has 1 saturated carbocycles. The Morgan fingerprint density at radius 3 is 2.13 bits per heavy atom. The molecule has 0 aromatic rings. The summed E-state index contributed by atoms with van der Waals surface area (Å²) in [4.78, 5) is 24.1. The quantitative estimate of drug-likeness (QED) is 0.652. The molecule has 0 aromatic carbocycles. The highest BCUT2D eigenvalue weighted by Crippen LogP contribution is 2.44. The van der Waals surface area contributed by atoms with E-state index in [0.29, 0.717) is 0 Å². The molecule has 1 saturated heterocycles. The van der Waals surface area contributed by atoms with E-state index in [1.807, 2.05) is 13.8 Å². The van der Waals surface area contributed by atoms with Gasteiger partial charge in [0.15, 0.2) is 5.78 Å². The number of Topliss-reactive ketones (excluding diaryl/α,β-unsaturated/α-hetero) is 2. The Morgan fingerprint density at radius 1 is 1.27 bits per heavy atom. The van der Waals surface area contributed by atoms with Crippen LogP contribution in [0.5, 0.6) is 0 Å². The molecule has 2 fully saturated rings. The summed E-state index contributed by atoms with van der Waals surface area (Å²) in [5, 5.41) is 0. The lowest BCUT2D eigenvalue weighted by Crippen LogP contribution is -2.38. The molecule has 1 unspecified atom stereocenters. The highest BCUT2D eigenvalue weighted by Gasteiger charge is 2.58. The van der Waals surface area contributed by atoms with E-state index in [1.165, 1.54) is 0 Å². The standard InChI is InChI=1S/C12H18O3/c1-11(2)8(9(13)7-5-6-7)10(14)12(3,4)15-11/h7-8H,5-6H2,1-4H3. The highest BCUT2D eigenvalue weighted by molar-refractivity contribution is 6.09. The number of hydrogen-bond acceptors (Lipinski definition) is 3. The van der Waals surface area contributed by atoms with Crippen molar-refractivity contribution in [1.29, 1.82) is 0 Å². The van der Waals surface area contributed by atoms with Gasteiger partial charge in [-0.05, 0) is 40.5 Å². The molecule has 0 radical (unpaired) electrons. The minimum Gasteiger partial charge on any atom is -0.361 e. The van der Waals surface area contributed by atoms with Gasteiger partial charge in [0.1, 0.15) is 17.3 Å². The van der Waals surface area contributed by atoms with Gasteiger partial charge in [-0.2, -0.15) is 0 Å². The molecule has 1 atom stereocenters. The number of ether oxygens (including phenoxy) is 1. The van der Waals surface area contributed by atoms with Crippen molar-refractivity contribution in [2.24, 2.45) is 11.8 Å². The summed E-state index contributed by atoms with van der Waals surface area (Å²) < 4.78 is 5.69. The predicted molar refractivity (Wildman–Crippen MR) is 55.5 cm³/mol. The SMILES string of the molecule is CC1(C)OC(C)(C)C(C(=O)C2CC2)C1=O. The Balaban J connectivity index is 2.29. The van der Waals surface area contributed by atoms with Crippen molar-refractivity contribution in [3.63, 3.8) is 0 Å². The van der Waals surface area contributed by atoms with E-state index in [2.05, 4.69) is 0 Å². The molecule has 3 nitrogen and oxygen atoms in total. The van der Waals surface area contributed by atoms with Gasteiger partial charge in [-0.3, -0.25) is 9.59 Å². The molecule has 0 spiro atoms. The number of rotatable bonds is 2. The van der Waals surface area contributed by atoms with Crippen LogP contribution in [0.4, 0.5) is 0 Å². The number of carbonyl (C=O) groups excluding carboxylic acids is 2. The first-order valence-electron chi connectivity index (χ1n) is 5.54. The first-order valence-corrected chi connectivity index (χ1v) is 5.54. The zero-order valence-electron chi connectivity index (χ0n) is 9.79. The lowest BCUT2D eigenvalue weighted by Gasteiger charge is -2.24. The summed E-state index contributed by atoms with van der Waals surface area (Å²) >= 11 is 0. The fourth-order valence-corrected chi connectivity index (χ4v) is 2.51. The summed E-state index contributed by atoms with van der Waals surface area (Å²) in [6, 6.07) is 0. The molecule has 84 valence electrons. The lowest BCUT2D eigenvalue weighted by atomic mass is 9.81. The molecular weight excluding hydrogens is 192 g/mol. The van der Waals surface area contributed by atoms with Gasteiger partial charge < -0.3 is 4.74 Å². The number of ketones is 2. The van der Waals surface area contributed by atoms with Crippen LogP contribution in [0.15, 0.2) is 0 Å². The topological polar surface area (TPSA) is 43.4 Å². The minimum atomic E-state index is -0.807. The second-order valence-corrected chi connectivity index (χ2v) is 5.69.